The number of pyridine rings is 2. The average Bonchev–Trinajstić information content (AvgIpc) is 3.12. The van der Waals surface area contributed by atoms with Gasteiger partial charge in [0.15, 0.2) is 5.76 Å². The van der Waals surface area contributed by atoms with Crippen LogP contribution in [-0.2, 0) is 13.2 Å². The number of rotatable bonds is 5. The molecule has 8 heteroatoms. The maximum Gasteiger partial charge on any atom is 0.213 e. The van der Waals surface area contributed by atoms with Gasteiger partial charge in [-0.15, -0.1) is 0 Å². The highest BCUT2D eigenvalue weighted by molar-refractivity contribution is 5.58. The molecule has 0 unspecified atom stereocenters. The summed E-state index contributed by atoms with van der Waals surface area (Å²) in [7, 11) is 1.00. The highest BCUT2D eigenvalue weighted by Gasteiger charge is 2.18. The fraction of sp³-hybridized carbons (Fsp3) is 0.176. The molecule has 3 aromatic rings. The second-order valence-electron chi connectivity index (χ2n) is 4.59. The third-order valence-electron chi connectivity index (χ3n) is 3.15. The molecule has 3 aromatic heterocycles. The molecule has 0 aromatic carbocycles. The summed E-state index contributed by atoms with van der Waals surface area (Å²) in [5, 5.41) is 29.1. The molecular weight excluding hydrogens is 324 g/mol. The van der Waals surface area contributed by atoms with E-state index in [2.05, 4.69) is 15.1 Å². The van der Waals surface area contributed by atoms with Crippen molar-refractivity contribution < 1.29 is 19.5 Å². The molecule has 0 saturated carbocycles. The summed E-state index contributed by atoms with van der Waals surface area (Å²) in [6, 6.07) is 10.6. The number of aliphatic hydroxyl groups excluding tert-OH is 2. The molecule has 0 spiro atoms. The second-order valence-corrected chi connectivity index (χ2v) is 4.59. The Bertz CT molecular complexity index is 826. The van der Waals surface area contributed by atoms with Gasteiger partial charge in [0.1, 0.15) is 25.0 Å². The minimum absolute atomic E-state index is 0.115. The van der Waals surface area contributed by atoms with Crippen LogP contribution in [0.4, 0.5) is 0 Å². The lowest BCUT2D eigenvalue weighted by Gasteiger charge is -2.06. The van der Waals surface area contributed by atoms with Crippen LogP contribution in [-0.4, -0.2) is 32.4 Å². The molecule has 3 rings (SSSR count). The van der Waals surface area contributed by atoms with Crippen molar-refractivity contribution in [2.24, 2.45) is 0 Å². The van der Waals surface area contributed by atoms with Gasteiger partial charge in [-0.25, -0.2) is 4.98 Å². The molecule has 0 amide bonds. The first kappa shape index (κ1) is 18.1. The number of nitrogens with zero attached hydrogens (tertiary/aromatic N) is 4. The Balaban J connectivity index is 0.00000109. The van der Waals surface area contributed by atoms with E-state index in [9.17, 15) is 5.11 Å². The molecule has 25 heavy (non-hydrogen) atoms. The van der Waals surface area contributed by atoms with Gasteiger partial charge in [0, 0.05) is 25.6 Å². The van der Waals surface area contributed by atoms with Crippen LogP contribution in [0.2, 0.25) is 0 Å². The van der Waals surface area contributed by atoms with Crippen LogP contribution in [0.3, 0.4) is 0 Å². The summed E-state index contributed by atoms with van der Waals surface area (Å²) in [6.07, 6.45) is 3.07. The molecule has 0 aliphatic rings. The topological polar surface area (TPSA) is 125 Å². The maximum absolute atomic E-state index is 9.38. The van der Waals surface area contributed by atoms with Crippen LogP contribution < -0.4 is 4.74 Å². The van der Waals surface area contributed by atoms with Gasteiger partial charge in [-0.05, 0) is 18.2 Å². The molecule has 8 nitrogen and oxygen atoms in total. The molecule has 0 aliphatic heterocycles. The van der Waals surface area contributed by atoms with Gasteiger partial charge in [0.2, 0.25) is 5.88 Å². The minimum atomic E-state index is -0.292. The van der Waals surface area contributed by atoms with Crippen molar-refractivity contribution in [3.05, 3.63) is 59.6 Å². The second kappa shape index (κ2) is 9.12. The Morgan fingerprint density at radius 3 is 2.64 bits per heavy atom. The molecule has 0 fully saturated rings. The fourth-order valence-corrected chi connectivity index (χ4v) is 2.00. The van der Waals surface area contributed by atoms with E-state index in [0.717, 1.165) is 7.11 Å². The van der Waals surface area contributed by atoms with E-state index >= 15 is 0 Å². The van der Waals surface area contributed by atoms with E-state index in [1.165, 1.54) is 6.20 Å². The molecule has 0 radical (unpaired) electrons. The Kier molecular flexibility index (Phi) is 6.59. The van der Waals surface area contributed by atoms with Gasteiger partial charge in [-0.2, -0.15) is 5.26 Å². The van der Waals surface area contributed by atoms with Gasteiger partial charge in [-0.1, -0.05) is 11.2 Å². The van der Waals surface area contributed by atoms with Gasteiger partial charge in [-0.3, -0.25) is 4.98 Å². The summed E-state index contributed by atoms with van der Waals surface area (Å²) in [6.45, 7) is -0.177. The van der Waals surface area contributed by atoms with Crippen LogP contribution in [0.25, 0.3) is 11.4 Å². The van der Waals surface area contributed by atoms with E-state index in [0.29, 0.717) is 34.2 Å². The first-order valence-electron chi connectivity index (χ1n) is 7.25. The monoisotopic (exact) mass is 340 g/mol. The average molecular weight is 340 g/mol. The van der Waals surface area contributed by atoms with Gasteiger partial charge >= 0.3 is 0 Å². The molecular formula is C17H16N4O4. The summed E-state index contributed by atoms with van der Waals surface area (Å²) in [4.78, 5) is 8.26. The lowest BCUT2D eigenvalue weighted by Crippen LogP contribution is -2.01. The molecule has 2 N–H and O–H groups in total. The van der Waals surface area contributed by atoms with E-state index in [1.807, 2.05) is 12.1 Å². The zero-order valence-electron chi connectivity index (χ0n) is 13.5. The van der Waals surface area contributed by atoms with Gasteiger partial charge < -0.3 is 19.5 Å². The highest BCUT2D eigenvalue weighted by Crippen LogP contribution is 2.25. The Hall–Kier alpha value is -3.28. The molecule has 3 heterocycles. The number of hydrogen-bond donors (Lipinski definition) is 2. The number of aliphatic hydroxyl groups is 2. The van der Waals surface area contributed by atoms with E-state index in [1.54, 1.807) is 30.5 Å². The molecule has 0 atom stereocenters. The molecule has 0 bridgehead atoms. The van der Waals surface area contributed by atoms with Crippen LogP contribution in [0.15, 0.2) is 47.2 Å². The Morgan fingerprint density at radius 1 is 1.20 bits per heavy atom. The van der Waals surface area contributed by atoms with Crippen LogP contribution in [0.1, 0.15) is 16.9 Å². The third kappa shape index (κ3) is 4.38. The van der Waals surface area contributed by atoms with Crippen LogP contribution >= 0.6 is 0 Å². The SMILES string of the molecule is CO.N#Cc1ccc(OCc2c(-c3ccccn3)noc2CO)nc1. The number of aromatic nitrogens is 3. The standard InChI is InChI=1S/C16H12N4O3.CH4O/c17-7-11-4-5-15(19-8-11)22-10-12-14(9-21)23-20-16(12)13-3-1-2-6-18-13;1-2/h1-6,8,21H,9-10H2;2H,1H3. The largest absolute Gasteiger partial charge is 0.473 e. The first-order chi connectivity index (χ1) is 12.3. The number of ether oxygens (including phenoxy) is 1. The minimum Gasteiger partial charge on any atom is -0.473 e. The van der Waals surface area contributed by atoms with E-state index in [4.69, 9.17) is 19.6 Å². The summed E-state index contributed by atoms with van der Waals surface area (Å²) >= 11 is 0. The van der Waals surface area contributed by atoms with Crippen molar-refractivity contribution in [1.82, 2.24) is 15.1 Å². The quantitative estimate of drug-likeness (QED) is 0.718. The van der Waals surface area contributed by atoms with Crippen molar-refractivity contribution in [1.29, 1.82) is 5.26 Å². The zero-order chi connectivity index (χ0) is 18.1. The van der Waals surface area contributed by atoms with Crippen LogP contribution in [0.5, 0.6) is 5.88 Å². The smallest absolute Gasteiger partial charge is 0.213 e. The summed E-state index contributed by atoms with van der Waals surface area (Å²) in [5.74, 6) is 0.681. The normalized spacial score (nSPS) is 9.68. The molecule has 0 saturated heterocycles. The molecule has 0 aliphatic carbocycles. The van der Waals surface area contributed by atoms with Crippen molar-refractivity contribution in [2.75, 3.05) is 7.11 Å². The summed E-state index contributed by atoms with van der Waals surface area (Å²) < 4.78 is 10.7. The zero-order valence-corrected chi connectivity index (χ0v) is 13.5. The van der Waals surface area contributed by atoms with Crippen molar-refractivity contribution in [3.63, 3.8) is 0 Å². The number of nitriles is 1. The van der Waals surface area contributed by atoms with Gasteiger partial charge in [0.25, 0.3) is 0 Å². The fourth-order valence-electron chi connectivity index (χ4n) is 2.00. The predicted octanol–water partition coefficient (Wildman–Crippen LogP) is 1.68. The van der Waals surface area contributed by atoms with Crippen LogP contribution in [0, 0.1) is 11.3 Å². The third-order valence-corrected chi connectivity index (χ3v) is 3.15. The number of hydrogen-bond acceptors (Lipinski definition) is 8. The summed E-state index contributed by atoms with van der Waals surface area (Å²) in [5.41, 5.74) is 2.20. The van der Waals surface area contributed by atoms with E-state index < -0.39 is 0 Å². The predicted molar refractivity (Wildman–Crippen MR) is 87.1 cm³/mol. The van der Waals surface area contributed by atoms with Crippen molar-refractivity contribution in [3.8, 4) is 23.3 Å². The lowest BCUT2D eigenvalue weighted by atomic mass is 10.1. The lowest BCUT2D eigenvalue weighted by molar-refractivity contribution is 0.221. The van der Waals surface area contributed by atoms with Crippen molar-refractivity contribution in [2.45, 2.75) is 13.2 Å². The first-order valence-corrected chi connectivity index (χ1v) is 7.25. The van der Waals surface area contributed by atoms with Crippen molar-refractivity contribution >= 4 is 0 Å². The Morgan fingerprint density at radius 2 is 2.04 bits per heavy atom. The van der Waals surface area contributed by atoms with E-state index in [-0.39, 0.29) is 13.2 Å². The molecule has 128 valence electrons. The Labute approximate surface area is 144 Å². The van der Waals surface area contributed by atoms with Gasteiger partial charge in [0.05, 0.1) is 16.8 Å². The maximum atomic E-state index is 9.38. The highest BCUT2D eigenvalue weighted by atomic mass is 16.5.